The molecule has 0 aromatic heterocycles. The zero-order chi connectivity index (χ0) is 17.6. The van der Waals surface area contributed by atoms with Crippen LogP contribution in [0.4, 0.5) is 0 Å². The zero-order valence-electron chi connectivity index (χ0n) is 10.5. The summed E-state index contributed by atoms with van der Waals surface area (Å²) in [5.41, 5.74) is 0. The minimum absolute atomic E-state index is 0.637. The second-order valence-corrected chi connectivity index (χ2v) is 18.2. The predicted octanol–water partition coefficient (Wildman–Crippen LogP) is 9.13. The van der Waals surface area contributed by atoms with Gasteiger partial charge in [0.15, 0.2) is 0 Å². The summed E-state index contributed by atoms with van der Waals surface area (Å²) in [5.74, 6) is 0. The van der Waals surface area contributed by atoms with Gasteiger partial charge in [-0.25, -0.2) is 0 Å². The van der Waals surface area contributed by atoms with E-state index < -0.39 is 24.6 Å². The molecule has 0 aliphatic heterocycles. The Balaban J connectivity index is 2.71. The quantitative estimate of drug-likeness (QED) is 0.160. The molecule has 120 valence electrons. The predicted molar refractivity (Wildman–Crippen MR) is 124 cm³/mol. The van der Waals surface area contributed by atoms with Gasteiger partial charge in [0, 0.05) is 0 Å². The van der Waals surface area contributed by atoms with Gasteiger partial charge in [0.2, 0.25) is 0 Å². The molecule has 23 heavy (non-hydrogen) atoms. The Morgan fingerprint density at radius 3 is 0.870 bits per heavy atom. The van der Waals surface area contributed by atoms with Crippen LogP contribution in [0.1, 0.15) is 0 Å². The molecule has 2 rings (SSSR count). The summed E-state index contributed by atoms with van der Waals surface area (Å²) in [6.45, 7) is 0. The zero-order valence-corrected chi connectivity index (χ0v) is 30.2. The topological polar surface area (TPSA) is 0 Å². The maximum atomic E-state index is 6.32. The van der Waals surface area contributed by atoms with Crippen LogP contribution in [-0.4, -0.2) is 0 Å². The first kappa shape index (κ1) is 23.1. The summed E-state index contributed by atoms with van der Waals surface area (Å²) < 4.78 is 9.87. The molecule has 0 spiro atoms. The first-order valence-electron chi connectivity index (χ1n) is 5.60. The van der Waals surface area contributed by atoms with E-state index in [1.165, 1.54) is 6.14 Å². The molecule has 0 amide bonds. The molecule has 0 bridgehead atoms. The maximum absolute atomic E-state index is 6.32. The van der Waals surface area contributed by atoms with Crippen molar-refractivity contribution >= 4 is 157 Å². The molecule has 0 radical (unpaired) electrons. The minimum atomic E-state index is -1.81. The SMILES string of the molecule is Clc1c(Br)c(Br)[c]([Hg][c]2c(Br)c(Br)c(Cl)c(Br)c2Br)c(Br)c1Br. The molecular weight excluding hydrogens is 1050 g/mol. The van der Waals surface area contributed by atoms with Crippen molar-refractivity contribution in [3.8, 4) is 0 Å². The molecule has 2 aromatic carbocycles. The van der Waals surface area contributed by atoms with Crippen LogP contribution in [0.5, 0.6) is 0 Å². The van der Waals surface area contributed by atoms with Crippen LogP contribution in [0.25, 0.3) is 0 Å². The van der Waals surface area contributed by atoms with Gasteiger partial charge in [-0.15, -0.1) is 0 Å². The van der Waals surface area contributed by atoms with Gasteiger partial charge in [0.1, 0.15) is 0 Å². The van der Waals surface area contributed by atoms with Crippen molar-refractivity contribution in [3.05, 3.63) is 45.8 Å². The average molecular weight is 1050 g/mol. The van der Waals surface area contributed by atoms with Crippen molar-refractivity contribution in [2.24, 2.45) is 0 Å². The molecular formula is C12Br8Cl2Hg. The third kappa shape index (κ3) is 4.69. The Bertz CT molecular complexity index is 698. The van der Waals surface area contributed by atoms with Gasteiger partial charge in [-0.1, -0.05) is 0 Å². The summed E-state index contributed by atoms with van der Waals surface area (Å²) in [6, 6.07) is 0. The van der Waals surface area contributed by atoms with Gasteiger partial charge in [0.05, 0.1) is 0 Å². The van der Waals surface area contributed by atoms with Crippen molar-refractivity contribution in [2.75, 3.05) is 0 Å². The van der Waals surface area contributed by atoms with Crippen LogP contribution in [-0.2, 0) is 24.6 Å². The standard InChI is InChI=1S/2C6Br4Cl.Hg/c2*7-2-1-3(8)5(10)6(11)4(2)9;. The molecule has 0 aliphatic carbocycles. The van der Waals surface area contributed by atoms with Gasteiger partial charge in [-0.2, -0.15) is 0 Å². The average Bonchev–Trinajstić information content (AvgIpc) is 2.54. The van der Waals surface area contributed by atoms with Gasteiger partial charge >= 0.3 is 227 Å². The second-order valence-electron chi connectivity index (χ2n) is 4.27. The van der Waals surface area contributed by atoms with Crippen LogP contribution < -0.4 is 6.14 Å². The fourth-order valence-electron chi connectivity index (χ4n) is 1.79. The Morgan fingerprint density at radius 2 is 0.652 bits per heavy atom. The summed E-state index contributed by atoms with van der Waals surface area (Å²) in [5, 5.41) is 1.27. The molecule has 2 aromatic rings. The number of hydrogen-bond donors (Lipinski definition) is 0. The van der Waals surface area contributed by atoms with Crippen molar-refractivity contribution in [2.45, 2.75) is 0 Å². The Hall–Kier alpha value is 3.80. The van der Waals surface area contributed by atoms with Gasteiger partial charge in [-0.05, 0) is 0 Å². The first-order valence-corrected chi connectivity index (χ1v) is 18.2. The van der Waals surface area contributed by atoms with Gasteiger partial charge < -0.3 is 0 Å². The van der Waals surface area contributed by atoms with E-state index in [1.54, 1.807) is 0 Å². The molecule has 11 heteroatoms. The van der Waals surface area contributed by atoms with E-state index in [1.807, 2.05) is 0 Å². The number of benzene rings is 2. The third-order valence-electron chi connectivity index (χ3n) is 2.95. The van der Waals surface area contributed by atoms with Crippen molar-refractivity contribution in [1.29, 1.82) is 0 Å². The van der Waals surface area contributed by atoms with E-state index in [0.29, 0.717) is 10.0 Å². The van der Waals surface area contributed by atoms with Gasteiger partial charge in [-0.3, -0.25) is 0 Å². The normalized spacial score (nSPS) is 10.9. The van der Waals surface area contributed by atoms with Crippen molar-refractivity contribution < 1.29 is 24.6 Å². The van der Waals surface area contributed by atoms with Crippen molar-refractivity contribution in [3.63, 3.8) is 0 Å². The number of rotatable bonds is 2. The number of halogens is 10. The molecule has 0 heterocycles. The molecule has 0 N–H and O–H groups in total. The van der Waals surface area contributed by atoms with E-state index in [4.69, 9.17) is 23.2 Å². The molecule has 0 atom stereocenters. The Kier molecular flexibility index (Phi) is 9.56. The summed E-state index contributed by atoms with van der Waals surface area (Å²) in [7, 11) is 0. The molecule has 0 saturated heterocycles. The summed E-state index contributed by atoms with van der Waals surface area (Å²) in [6.07, 6.45) is 0. The van der Waals surface area contributed by atoms with Crippen LogP contribution >= 0.6 is 151 Å². The fraction of sp³-hybridized carbons (Fsp3) is 0. The molecule has 0 aliphatic rings. The monoisotopic (exact) mass is 1050 g/mol. The molecule has 0 unspecified atom stereocenters. The first-order chi connectivity index (χ1) is 10.6. The van der Waals surface area contributed by atoms with Crippen LogP contribution in [0, 0.1) is 0 Å². The van der Waals surface area contributed by atoms with E-state index in [2.05, 4.69) is 127 Å². The van der Waals surface area contributed by atoms with E-state index in [-0.39, 0.29) is 0 Å². The van der Waals surface area contributed by atoms with Gasteiger partial charge in [0.25, 0.3) is 0 Å². The Morgan fingerprint density at radius 1 is 0.435 bits per heavy atom. The van der Waals surface area contributed by atoms with E-state index in [0.717, 1.165) is 35.8 Å². The van der Waals surface area contributed by atoms with Crippen LogP contribution in [0.2, 0.25) is 10.0 Å². The Labute approximate surface area is 223 Å². The second kappa shape index (κ2) is 9.53. The molecule has 0 fully saturated rings. The third-order valence-corrected chi connectivity index (χ3v) is 29.7. The molecule has 0 saturated carbocycles. The fourth-order valence-corrected chi connectivity index (χ4v) is 22.5. The summed E-state index contributed by atoms with van der Waals surface area (Å²) >= 11 is 39.7. The van der Waals surface area contributed by atoms with Crippen molar-refractivity contribution in [1.82, 2.24) is 0 Å². The summed E-state index contributed by atoms with van der Waals surface area (Å²) in [4.78, 5) is 0. The van der Waals surface area contributed by atoms with Crippen LogP contribution in [0.3, 0.4) is 0 Å². The number of hydrogen-bond acceptors (Lipinski definition) is 0. The molecule has 0 nitrogen and oxygen atoms in total. The van der Waals surface area contributed by atoms with E-state index >= 15 is 0 Å². The van der Waals surface area contributed by atoms with E-state index in [9.17, 15) is 0 Å². The van der Waals surface area contributed by atoms with Crippen LogP contribution in [0.15, 0.2) is 35.8 Å².